The molecule has 0 saturated carbocycles. The van der Waals surface area contributed by atoms with Gasteiger partial charge >= 0.3 is 6.03 Å². The molecule has 0 radical (unpaired) electrons. The number of urea groups is 1. The third-order valence-electron chi connectivity index (χ3n) is 5.35. The number of nitrogens with zero attached hydrogens (tertiary/aromatic N) is 3. The number of fused-ring (bicyclic) bond motifs is 8. The highest BCUT2D eigenvalue weighted by Gasteiger charge is 2.29. The summed E-state index contributed by atoms with van der Waals surface area (Å²) in [6.07, 6.45) is 4.31. The lowest BCUT2D eigenvalue weighted by Gasteiger charge is -2.18. The number of anilines is 1. The van der Waals surface area contributed by atoms with Crippen molar-refractivity contribution < 1.29 is 26.7 Å². The summed E-state index contributed by atoms with van der Waals surface area (Å²) in [7, 11) is -4.62. The molecular weight excluding hydrogens is 444 g/mol. The van der Waals surface area contributed by atoms with Crippen molar-refractivity contribution in [1.29, 1.82) is 0 Å². The third kappa shape index (κ3) is 3.55. The molecule has 0 unspecified atom stereocenters. The number of halogens is 2. The normalized spacial score (nSPS) is 17.1. The molecule has 32 heavy (non-hydrogen) atoms. The van der Waals surface area contributed by atoms with Crippen LogP contribution in [-0.2, 0) is 29.4 Å². The van der Waals surface area contributed by atoms with E-state index in [0.29, 0.717) is 24.0 Å². The van der Waals surface area contributed by atoms with E-state index in [9.17, 15) is 17.6 Å². The van der Waals surface area contributed by atoms with Gasteiger partial charge in [0.1, 0.15) is 12.4 Å². The van der Waals surface area contributed by atoms with Crippen molar-refractivity contribution in [3.63, 3.8) is 0 Å². The smallest absolute Gasteiger partial charge is 0.333 e. The fraction of sp³-hybridized carbons (Fsp3) is 0.250. The van der Waals surface area contributed by atoms with E-state index in [4.69, 9.17) is 4.74 Å². The first kappa shape index (κ1) is 20.4. The number of carbonyl (C=O) groups is 1. The number of hydrogen-bond acceptors (Lipinski definition) is 6. The van der Waals surface area contributed by atoms with E-state index in [0.717, 1.165) is 22.9 Å². The average molecular weight is 461 g/mol. The van der Waals surface area contributed by atoms with Crippen molar-refractivity contribution in [2.45, 2.75) is 30.8 Å². The molecule has 9 nitrogen and oxygen atoms in total. The molecule has 5 rings (SSSR count). The molecule has 0 fully saturated rings. The predicted octanol–water partition coefficient (Wildman–Crippen LogP) is 2.61. The van der Waals surface area contributed by atoms with E-state index in [-0.39, 0.29) is 30.3 Å². The number of pyridine rings is 1. The highest BCUT2D eigenvalue weighted by Crippen LogP contribution is 2.40. The van der Waals surface area contributed by atoms with E-state index in [1.807, 2.05) is 0 Å². The average Bonchev–Trinajstić information content (AvgIpc) is 3.34. The number of rotatable bonds is 0. The van der Waals surface area contributed by atoms with Gasteiger partial charge < -0.3 is 10.1 Å². The summed E-state index contributed by atoms with van der Waals surface area (Å²) in [5.41, 5.74) is 2.10. The summed E-state index contributed by atoms with van der Waals surface area (Å²) in [6.45, 7) is 0.0181. The zero-order valence-electron chi connectivity index (χ0n) is 16.6. The van der Waals surface area contributed by atoms with Crippen LogP contribution in [0.1, 0.15) is 17.5 Å². The molecule has 2 aliphatic rings. The Kier molecular flexibility index (Phi) is 4.81. The fourth-order valence-corrected chi connectivity index (χ4v) is 4.91. The van der Waals surface area contributed by atoms with Gasteiger partial charge in [-0.05, 0) is 48.1 Å². The number of aryl methyl sites for hydroxylation is 1. The molecule has 3 aromatic rings. The quantitative estimate of drug-likeness (QED) is 0.532. The van der Waals surface area contributed by atoms with Crippen LogP contribution in [0.25, 0.3) is 11.1 Å². The van der Waals surface area contributed by atoms with Crippen molar-refractivity contribution in [2.75, 3.05) is 11.9 Å². The second-order valence-corrected chi connectivity index (χ2v) is 9.03. The van der Waals surface area contributed by atoms with Gasteiger partial charge in [0.05, 0.1) is 18.4 Å². The van der Waals surface area contributed by atoms with Gasteiger partial charge in [-0.3, -0.25) is 4.68 Å². The number of aromatic nitrogens is 3. The molecule has 1 aliphatic carbocycles. The maximum atomic E-state index is 15.2. The Hall–Kier alpha value is -3.54. The second-order valence-electron chi connectivity index (χ2n) is 7.44. The van der Waals surface area contributed by atoms with Crippen LogP contribution in [0.4, 0.5) is 19.3 Å². The number of sulfonamides is 1. The lowest BCUT2D eigenvalue weighted by molar-refractivity contribution is 0.256. The van der Waals surface area contributed by atoms with Crippen LogP contribution >= 0.6 is 0 Å². The standard InChI is InChI=1S/C20H17F2N5O4S/c21-14-8-11-2-1-3-13(11)18-17(14)12-4-5-23-16(9-12)31-7-6-27-10-15(22)19(25-27)32(29,30)26-20(28)24-18/h4-5,8-10H,1-3,6-7H2,(H2,24,26,28). The van der Waals surface area contributed by atoms with E-state index in [2.05, 4.69) is 15.4 Å². The Labute approximate surface area is 181 Å². The first-order valence-electron chi connectivity index (χ1n) is 9.82. The lowest BCUT2D eigenvalue weighted by Crippen LogP contribution is -2.35. The van der Waals surface area contributed by atoms with Crippen LogP contribution in [0.5, 0.6) is 5.88 Å². The van der Waals surface area contributed by atoms with Crippen LogP contribution in [0, 0.1) is 11.6 Å². The highest BCUT2D eigenvalue weighted by atomic mass is 32.2. The van der Waals surface area contributed by atoms with Gasteiger partial charge in [-0.1, -0.05) is 0 Å². The molecule has 1 aromatic carbocycles. The minimum atomic E-state index is -4.62. The summed E-state index contributed by atoms with van der Waals surface area (Å²) >= 11 is 0. The number of amides is 2. The van der Waals surface area contributed by atoms with Crippen molar-refractivity contribution in [2.24, 2.45) is 0 Å². The van der Waals surface area contributed by atoms with Crippen LogP contribution in [0.3, 0.4) is 0 Å². The van der Waals surface area contributed by atoms with E-state index < -0.39 is 32.7 Å². The summed E-state index contributed by atoms with van der Waals surface area (Å²) in [4.78, 5) is 16.7. The molecule has 0 spiro atoms. The van der Waals surface area contributed by atoms with Gasteiger partial charge in [-0.2, -0.15) is 13.5 Å². The molecule has 1 aliphatic heterocycles. The van der Waals surface area contributed by atoms with Gasteiger partial charge in [0, 0.05) is 17.8 Å². The fourth-order valence-electron chi connectivity index (χ4n) is 4.00. The third-order valence-corrected chi connectivity index (χ3v) is 6.59. The first-order chi connectivity index (χ1) is 15.3. The van der Waals surface area contributed by atoms with E-state index in [1.54, 1.807) is 10.8 Å². The second kappa shape index (κ2) is 7.55. The molecule has 2 N–H and O–H groups in total. The topological polar surface area (TPSA) is 115 Å². The van der Waals surface area contributed by atoms with Gasteiger partial charge in [0.25, 0.3) is 10.0 Å². The Morgan fingerprint density at radius 3 is 2.84 bits per heavy atom. The van der Waals surface area contributed by atoms with Crippen molar-refractivity contribution in [3.05, 3.63) is 53.4 Å². The summed E-state index contributed by atoms with van der Waals surface area (Å²) in [5.74, 6) is -1.51. The predicted molar refractivity (Wildman–Crippen MR) is 109 cm³/mol. The monoisotopic (exact) mass is 461 g/mol. The highest BCUT2D eigenvalue weighted by molar-refractivity contribution is 7.90. The molecule has 2 aromatic heterocycles. The minimum Gasteiger partial charge on any atom is -0.476 e. The SMILES string of the molecule is O=C1Nc2c3c(cc(F)c2-c2ccnc(c2)OCCn2cc(F)c(n2)S(=O)(=O)N1)CCC3. The molecule has 2 amide bonds. The van der Waals surface area contributed by atoms with Crippen LogP contribution in [0.2, 0.25) is 0 Å². The maximum absolute atomic E-state index is 15.2. The van der Waals surface area contributed by atoms with Gasteiger partial charge in [0.2, 0.25) is 10.9 Å². The number of nitrogens with one attached hydrogen (secondary N) is 2. The maximum Gasteiger partial charge on any atom is 0.333 e. The Bertz CT molecular complexity index is 1360. The van der Waals surface area contributed by atoms with Crippen molar-refractivity contribution in [1.82, 2.24) is 19.5 Å². The summed E-state index contributed by atoms with van der Waals surface area (Å²) < 4.78 is 62.9. The van der Waals surface area contributed by atoms with E-state index >= 15 is 4.39 Å². The van der Waals surface area contributed by atoms with Crippen molar-refractivity contribution in [3.8, 4) is 17.0 Å². The minimum absolute atomic E-state index is 0.00119. The van der Waals surface area contributed by atoms with Crippen LogP contribution in [0.15, 0.2) is 35.6 Å². The molecule has 0 saturated heterocycles. The van der Waals surface area contributed by atoms with Gasteiger partial charge in [0.15, 0.2) is 5.82 Å². The van der Waals surface area contributed by atoms with Crippen LogP contribution in [-0.4, -0.2) is 35.8 Å². The number of benzene rings is 1. The number of carbonyl (C=O) groups excluding carboxylic acids is 1. The molecule has 0 atom stereocenters. The molecule has 3 heterocycles. The largest absolute Gasteiger partial charge is 0.476 e. The van der Waals surface area contributed by atoms with Gasteiger partial charge in [-0.15, -0.1) is 0 Å². The molecule has 4 bridgehead atoms. The zero-order chi connectivity index (χ0) is 22.5. The zero-order valence-corrected chi connectivity index (χ0v) is 17.4. The molecular formula is C20H17F2N5O4S. The Morgan fingerprint density at radius 2 is 2.00 bits per heavy atom. The Morgan fingerprint density at radius 1 is 1.16 bits per heavy atom. The first-order valence-corrected chi connectivity index (χ1v) is 11.3. The lowest BCUT2D eigenvalue weighted by atomic mass is 9.97. The van der Waals surface area contributed by atoms with Crippen molar-refractivity contribution >= 4 is 21.7 Å². The van der Waals surface area contributed by atoms with E-state index in [1.165, 1.54) is 18.3 Å². The Balaban J connectivity index is 1.67. The number of ether oxygens (including phenoxy) is 1. The van der Waals surface area contributed by atoms with Gasteiger partial charge in [-0.25, -0.2) is 23.3 Å². The summed E-state index contributed by atoms with van der Waals surface area (Å²) in [6, 6.07) is 3.36. The van der Waals surface area contributed by atoms with Crippen LogP contribution < -0.4 is 14.8 Å². The molecule has 12 heteroatoms. The summed E-state index contributed by atoms with van der Waals surface area (Å²) in [5, 5.41) is 5.25. The molecule has 166 valence electrons. The number of hydrogen-bond donors (Lipinski definition) is 2.